The molecule has 112 valence electrons. The normalized spacial score (nSPS) is 10.8. The van der Waals surface area contributed by atoms with Crippen LogP contribution >= 0.6 is 0 Å². The molecular formula is C16H17N5O. The Kier molecular flexibility index (Phi) is 4.09. The van der Waals surface area contributed by atoms with Crippen molar-refractivity contribution in [3.8, 4) is 11.1 Å². The van der Waals surface area contributed by atoms with Gasteiger partial charge in [-0.1, -0.05) is 13.3 Å². The van der Waals surface area contributed by atoms with Crippen LogP contribution in [0.3, 0.4) is 0 Å². The van der Waals surface area contributed by atoms with Crippen molar-refractivity contribution in [1.29, 1.82) is 0 Å². The van der Waals surface area contributed by atoms with E-state index in [1.54, 1.807) is 12.4 Å². The van der Waals surface area contributed by atoms with Crippen LogP contribution in [-0.2, 0) is 11.3 Å². The predicted octanol–water partition coefficient (Wildman–Crippen LogP) is 2.86. The van der Waals surface area contributed by atoms with Crippen LogP contribution in [0.4, 0.5) is 5.82 Å². The summed E-state index contributed by atoms with van der Waals surface area (Å²) in [6.07, 6.45) is 8.05. The SMILES string of the molecule is CCCCn1nc(NC=O)c2cc(-c3ccncc3)cnc21. The zero-order chi connectivity index (χ0) is 15.4. The molecule has 1 amide bonds. The number of carbonyl (C=O) groups excluding carboxylic acids is 1. The summed E-state index contributed by atoms with van der Waals surface area (Å²) in [4.78, 5) is 19.4. The molecule has 0 bridgehead atoms. The Labute approximate surface area is 128 Å². The van der Waals surface area contributed by atoms with Crippen LogP contribution in [0.25, 0.3) is 22.2 Å². The topological polar surface area (TPSA) is 72.7 Å². The summed E-state index contributed by atoms with van der Waals surface area (Å²) >= 11 is 0. The van der Waals surface area contributed by atoms with E-state index in [1.807, 2.05) is 29.1 Å². The molecule has 3 rings (SSSR count). The van der Waals surface area contributed by atoms with Gasteiger partial charge >= 0.3 is 0 Å². The molecule has 1 N–H and O–H groups in total. The number of unbranched alkanes of at least 4 members (excludes halogenated alkanes) is 1. The predicted molar refractivity (Wildman–Crippen MR) is 85.4 cm³/mol. The van der Waals surface area contributed by atoms with Crippen LogP contribution in [0.2, 0.25) is 0 Å². The molecule has 3 aromatic rings. The summed E-state index contributed by atoms with van der Waals surface area (Å²) in [7, 11) is 0. The van der Waals surface area contributed by atoms with Gasteiger partial charge in [0.25, 0.3) is 0 Å². The molecule has 0 saturated carbocycles. The molecule has 0 aromatic carbocycles. The van der Waals surface area contributed by atoms with E-state index in [-0.39, 0.29) is 0 Å². The van der Waals surface area contributed by atoms with Crippen molar-refractivity contribution >= 4 is 23.3 Å². The Morgan fingerprint density at radius 2 is 2.09 bits per heavy atom. The number of anilines is 1. The molecule has 0 aliphatic heterocycles. The number of fused-ring (bicyclic) bond motifs is 1. The average molecular weight is 295 g/mol. The van der Waals surface area contributed by atoms with Crippen molar-refractivity contribution < 1.29 is 4.79 Å². The lowest BCUT2D eigenvalue weighted by Gasteiger charge is -2.03. The van der Waals surface area contributed by atoms with Crippen LogP contribution in [0.5, 0.6) is 0 Å². The molecule has 6 heteroatoms. The van der Waals surface area contributed by atoms with Gasteiger partial charge in [0.2, 0.25) is 6.41 Å². The van der Waals surface area contributed by atoms with Gasteiger partial charge in [0, 0.05) is 30.7 Å². The third kappa shape index (κ3) is 2.67. The fourth-order valence-corrected chi connectivity index (χ4v) is 2.39. The molecule has 0 fully saturated rings. The molecular weight excluding hydrogens is 278 g/mol. The van der Waals surface area contributed by atoms with Gasteiger partial charge in [0.1, 0.15) is 0 Å². The molecule has 6 nitrogen and oxygen atoms in total. The molecule has 0 aliphatic rings. The van der Waals surface area contributed by atoms with Crippen molar-refractivity contribution in [3.63, 3.8) is 0 Å². The number of nitrogens with one attached hydrogen (secondary N) is 1. The van der Waals surface area contributed by atoms with Crippen LogP contribution in [-0.4, -0.2) is 26.2 Å². The quantitative estimate of drug-likeness (QED) is 0.710. The van der Waals surface area contributed by atoms with Crippen LogP contribution in [0.1, 0.15) is 19.8 Å². The van der Waals surface area contributed by atoms with Gasteiger partial charge in [0.05, 0.1) is 5.39 Å². The molecule has 0 atom stereocenters. The van der Waals surface area contributed by atoms with Gasteiger partial charge in [0.15, 0.2) is 11.5 Å². The van der Waals surface area contributed by atoms with Gasteiger partial charge in [-0.3, -0.25) is 9.78 Å². The second-order valence-corrected chi connectivity index (χ2v) is 5.02. The Morgan fingerprint density at radius 1 is 1.27 bits per heavy atom. The summed E-state index contributed by atoms with van der Waals surface area (Å²) < 4.78 is 1.85. The molecule has 0 radical (unpaired) electrons. The second kappa shape index (κ2) is 6.34. The van der Waals surface area contributed by atoms with Gasteiger partial charge in [-0.2, -0.15) is 5.10 Å². The van der Waals surface area contributed by atoms with Gasteiger partial charge in [-0.25, -0.2) is 9.67 Å². The van der Waals surface area contributed by atoms with Gasteiger partial charge in [-0.15, -0.1) is 0 Å². The largest absolute Gasteiger partial charge is 0.311 e. The minimum absolute atomic E-state index is 0.546. The van der Waals surface area contributed by atoms with Crippen molar-refractivity contribution in [2.75, 3.05) is 5.32 Å². The molecule has 22 heavy (non-hydrogen) atoms. The van der Waals surface area contributed by atoms with E-state index in [1.165, 1.54) is 0 Å². The first kappa shape index (κ1) is 14.2. The highest BCUT2D eigenvalue weighted by atomic mass is 16.1. The van der Waals surface area contributed by atoms with Gasteiger partial charge in [-0.05, 0) is 30.2 Å². The van der Waals surface area contributed by atoms with Crippen LogP contribution in [0.15, 0.2) is 36.8 Å². The van der Waals surface area contributed by atoms with E-state index in [9.17, 15) is 4.79 Å². The number of aromatic nitrogens is 4. The van der Waals surface area contributed by atoms with Gasteiger partial charge < -0.3 is 5.32 Å². The zero-order valence-electron chi connectivity index (χ0n) is 12.4. The Balaban J connectivity index is 2.09. The van der Waals surface area contributed by atoms with E-state index >= 15 is 0 Å². The lowest BCUT2D eigenvalue weighted by molar-refractivity contribution is -0.105. The highest BCUT2D eigenvalue weighted by Gasteiger charge is 2.12. The first-order chi connectivity index (χ1) is 10.8. The summed E-state index contributed by atoms with van der Waals surface area (Å²) in [5.74, 6) is 0.546. The maximum absolute atomic E-state index is 10.8. The number of hydrogen-bond acceptors (Lipinski definition) is 4. The number of carbonyl (C=O) groups is 1. The fourth-order valence-electron chi connectivity index (χ4n) is 2.39. The van der Waals surface area contributed by atoms with Crippen molar-refractivity contribution in [1.82, 2.24) is 19.7 Å². The molecule has 3 heterocycles. The minimum Gasteiger partial charge on any atom is -0.311 e. The number of amides is 1. The lowest BCUT2D eigenvalue weighted by Crippen LogP contribution is -2.02. The van der Waals surface area contributed by atoms with Crippen LogP contribution in [0, 0.1) is 0 Å². The minimum atomic E-state index is 0.546. The van der Waals surface area contributed by atoms with E-state index in [0.29, 0.717) is 12.2 Å². The monoisotopic (exact) mass is 295 g/mol. The van der Waals surface area contributed by atoms with Crippen molar-refractivity contribution in [2.45, 2.75) is 26.3 Å². The highest BCUT2D eigenvalue weighted by molar-refractivity contribution is 5.94. The number of aryl methyl sites for hydroxylation is 1. The number of hydrogen-bond donors (Lipinski definition) is 1. The first-order valence-electron chi connectivity index (χ1n) is 7.30. The Hall–Kier alpha value is -2.76. The van der Waals surface area contributed by atoms with Crippen molar-refractivity contribution in [2.24, 2.45) is 0 Å². The molecule has 0 saturated heterocycles. The lowest BCUT2D eigenvalue weighted by atomic mass is 10.1. The summed E-state index contributed by atoms with van der Waals surface area (Å²) in [5.41, 5.74) is 2.79. The third-order valence-corrected chi connectivity index (χ3v) is 3.52. The van der Waals surface area contributed by atoms with Crippen LogP contribution < -0.4 is 5.32 Å². The summed E-state index contributed by atoms with van der Waals surface area (Å²) in [6.45, 7) is 2.92. The molecule has 0 unspecified atom stereocenters. The number of pyridine rings is 2. The summed E-state index contributed by atoms with van der Waals surface area (Å²) in [6, 6.07) is 5.85. The van der Waals surface area contributed by atoms with E-state index < -0.39 is 0 Å². The third-order valence-electron chi connectivity index (χ3n) is 3.52. The van der Waals surface area contributed by atoms with Crippen molar-refractivity contribution in [3.05, 3.63) is 36.8 Å². The van der Waals surface area contributed by atoms with E-state index in [0.717, 1.165) is 41.5 Å². The molecule has 0 spiro atoms. The second-order valence-electron chi connectivity index (χ2n) is 5.02. The molecule has 3 aromatic heterocycles. The Morgan fingerprint density at radius 3 is 2.82 bits per heavy atom. The fraction of sp³-hybridized carbons (Fsp3) is 0.250. The smallest absolute Gasteiger partial charge is 0.212 e. The van der Waals surface area contributed by atoms with E-state index in [4.69, 9.17) is 0 Å². The molecule has 0 aliphatic carbocycles. The maximum Gasteiger partial charge on any atom is 0.212 e. The Bertz CT molecular complexity index is 782. The zero-order valence-corrected chi connectivity index (χ0v) is 12.4. The summed E-state index contributed by atoms with van der Waals surface area (Å²) in [5, 5.41) is 7.96. The maximum atomic E-state index is 10.8. The first-order valence-corrected chi connectivity index (χ1v) is 7.30. The van der Waals surface area contributed by atoms with E-state index in [2.05, 4.69) is 27.3 Å². The highest BCUT2D eigenvalue weighted by Crippen LogP contribution is 2.27. The number of rotatable bonds is 6. The average Bonchev–Trinajstić information content (AvgIpc) is 2.91. The number of nitrogens with zero attached hydrogens (tertiary/aromatic N) is 4. The standard InChI is InChI=1S/C16H17N5O/c1-2-3-8-21-16-14(15(20-21)19-11-22)9-13(10-18-16)12-4-6-17-7-5-12/h4-7,9-11H,2-3,8H2,1H3,(H,19,20,22).